The summed E-state index contributed by atoms with van der Waals surface area (Å²) in [6.07, 6.45) is 6.74. The number of hydrogen-bond donors (Lipinski definition) is 0. The number of pyridine rings is 2. The Bertz CT molecular complexity index is 3190. The van der Waals surface area contributed by atoms with Gasteiger partial charge < -0.3 is 18.9 Å². The van der Waals surface area contributed by atoms with Crippen molar-refractivity contribution in [3.05, 3.63) is 143 Å². The molecule has 6 heterocycles. The van der Waals surface area contributed by atoms with Crippen LogP contribution in [0, 0.1) is 27.7 Å². The van der Waals surface area contributed by atoms with Gasteiger partial charge in [0, 0.05) is 48.0 Å². The average Bonchev–Trinajstić information content (AvgIpc) is 4.00. The van der Waals surface area contributed by atoms with E-state index < -0.39 is 42.0 Å². The van der Waals surface area contributed by atoms with Crippen LogP contribution in [0.25, 0.3) is 34.4 Å². The van der Waals surface area contributed by atoms with E-state index in [1.807, 2.05) is 65.8 Å². The van der Waals surface area contributed by atoms with Crippen molar-refractivity contribution in [2.45, 2.75) is 89.2 Å². The number of rotatable bonds is 18. The summed E-state index contributed by atoms with van der Waals surface area (Å²) in [5, 5.41) is 15.8. The molecule has 2 aromatic carbocycles. The molecule has 0 aliphatic carbocycles. The van der Waals surface area contributed by atoms with E-state index in [-0.39, 0.29) is 23.2 Å². The smallest absolute Gasteiger partial charge is 0.187 e. The Kier molecular flexibility index (Phi) is 16.8. The molecule has 8 aromatic rings. The predicted molar refractivity (Wildman–Crippen MR) is 279 cm³/mol. The van der Waals surface area contributed by atoms with Crippen molar-refractivity contribution < 1.29 is 35.8 Å². The summed E-state index contributed by atoms with van der Waals surface area (Å²) in [5.74, 6) is 2.41. The van der Waals surface area contributed by atoms with Crippen LogP contribution in [0.2, 0.25) is 0 Å². The predicted octanol–water partition coefficient (Wildman–Crippen LogP) is 7.72. The third kappa shape index (κ3) is 11.7. The highest BCUT2D eigenvalue weighted by Crippen LogP contribution is 2.39. The fourth-order valence-corrected chi connectivity index (χ4v) is 11.1. The molecule has 0 radical (unpaired) electrons. The summed E-state index contributed by atoms with van der Waals surface area (Å²) in [4.78, 5) is 26.5. The fourth-order valence-electron chi connectivity index (χ4n) is 8.00. The second-order valence-corrected chi connectivity index (χ2v) is 22.5. The topological polar surface area (TPSA) is 244 Å². The Morgan fingerprint density at radius 2 is 0.770 bits per heavy atom. The highest BCUT2D eigenvalue weighted by molar-refractivity contribution is 7.91. The summed E-state index contributed by atoms with van der Waals surface area (Å²) >= 11 is 0. The maximum atomic E-state index is 13.7. The lowest BCUT2D eigenvalue weighted by Gasteiger charge is -2.20. The van der Waals surface area contributed by atoms with Gasteiger partial charge in [-0.05, 0) is 101 Å². The third-order valence-electron chi connectivity index (χ3n) is 12.6. The van der Waals surface area contributed by atoms with Gasteiger partial charge in [0.1, 0.15) is 68.9 Å². The van der Waals surface area contributed by atoms with Crippen molar-refractivity contribution in [1.29, 1.82) is 0 Å². The minimum absolute atomic E-state index is 0.213. The normalized spacial score (nSPS) is 13.2. The van der Waals surface area contributed by atoms with Gasteiger partial charge in [0.15, 0.2) is 43.0 Å². The van der Waals surface area contributed by atoms with Crippen LogP contribution in [0.3, 0.4) is 0 Å². The molecule has 0 aliphatic heterocycles. The molecular formula is C52H60N12O8S2. The minimum Gasteiger partial charge on any atom is -0.494 e. The van der Waals surface area contributed by atoms with Crippen molar-refractivity contribution in [3.8, 4) is 57.4 Å². The first kappa shape index (κ1) is 54.1. The molecule has 388 valence electrons. The molecule has 8 rings (SSSR count). The van der Waals surface area contributed by atoms with Gasteiger partial charge in [-0.15, -0.1) is 20.4 Å². The van der Waals surface area contributed by atoms with E-state index in [0.29, 0.717) is 69.1 Å². The zero-order valence-electron chi connectivity index (χ0n) is 43.4. The number of hydrogen-bond acceptors (Lipinski definition) is 18. The minimum atomic E-state index is -3.72. The largest absolute Gasteiger partial charge is 0.494 e. The fraction of sp³-hybridized carbons (Fsp3) is 0.346. The molecule has 22 heteroatoms. The Labute approximate surface area is 431 Å². The van der Waals surface area contributed by atoms with Gasteiger partial charge in [0.25, 0.3) is 0 Å². The molecule has 0 amide bonds. The molecule has 0 fully saturated rings. The lowest BCUT2D eigenvalue weighted by atomic mass is 10.1. The van der Waals surface area contributed by atoms with Gasteiger partial charge in [0.2, 0.25) is 0 Å². The number of ether oxygens (including phenoxy) is 4. The molecule has 74 heavy (non-hydrogen) atoms. The van der Waals surface area contributed by atoms with Gasteiger partial charge in [-0.3, -0.25) is 9.13 Å². The SMILES string of the molecule is COc1cccc(OC)c1-n1c(CS(=O)(=O)[C@@H](C)[C@H](C)c2ncc(C)cn2)nnc1-c1cccc(C)n1.COc1cccc(OC)c1-n1c(CS(=O)(=O)[C@H](C)[C@@H](C)c2ncc(C)cn2)nnc1-c1cccc(C)n1. The van der Waals surface area contributed by atoms with Crippen LogP contribution in [0.5, 0.6) is 23.0 Å². The summed E-state index contributed by atoms with van der Waals surface area (Å²) in [7, 11) is -1.30. The van der Waals surface area contributed by atoms with Crippen LogP contribution in [0.4, 0.5) is 0 Å². The zero-order chi connectivity index (χ0) is 53.5. The maximum absolute atomic E-state index is 13.7. The second kappa shape index (κ2) is 23.0. The van der Waals surface area contributed by atoms with E-state index in [9.17, 15) is 16.8 Å². The third-order valence-corrected chi connectivity index (χ3v) is 17.0. The van der Waals surface area contributed by atoms with E-state index in [2.05, 4.69) is 50.3 Å². The van der Waals surface area contributed by atoms with Gasteiger partial charge in [-0.2, -0.15) is 0 Å². The Balaban J connectivity index is 0.000000216. The molecule has 4 atom stereocenters. The zero-order valence-corrected chi connectivity index (χ0v) is 45.0. The standard InChI is InChI=1S/2C26H30N6O4S/c2*1-16-13-27-25(28-14-16)18(3)19(4)37(33,34)15-23-30-31-26(20-10-7-9-17(2)29-20)32(23)24-21(35-5)11-8-12-22(24)36-6/h2*7-14,18-19H,15H2,1-6H3/t2*18-,19-/m10/s1. The van der Waals surface area contributed by atoms with E-state index in [0.717, 1.165) is 22.5 Å². The number of aromatic nitrogens is 12. The van der Waals surface area contributed by atoms with E-state index in [1.54, 1.807) is 96.3 Å². The summed E-state index contributed by atoms with van der Waals surface area (Å²) in [5.41, 5.74) is 5.44. The van der Waals surface area contributed by atoms with Crippen molar-refractivity contribution in [2.24, 2.45) is 0 Å². The Morgan fingerprint density at radius 3 is 1.07 bits per heavy atom. The van der Waals surface area contributed by atoms with Crippen LogP contribution >= 0.6 is 0 Å². The Hall–Kier alpha value is -7.72. The van der Waals surface area contributed by atoms with Gasteiger partial charge in [-0.25, -0.2) is 46.7 Å². The lowest BCUT2D eigenvalue weighted by molar-refractivity contribution is 0.390. The van der Waals surface area contributed by atoms with Crippen LogP contribution in [-0.2, 0) is 31.2 Å². The maximum Gasteiger partial charge on any atom is 0.187 e. The monoisotopic (exact) mass is 1040 g/mol. The highest BCUT2D eigenvalue weighted by atomic mass is 32.2. The second-order valence-electron chi connectivity index (χ2n) is 17.7. The quantitative estimate of drug-likeness (QED) is 0.0798. The molecule has 0 bridgehead atoms. The molecule has 0 aliphatic rings. The first-order valence-corrected chi connectivity index (χ1v) is 26.9. The number of methoxy groups -OCH3 is 4. The molecule has 0 spiro atoms. The van der Waals surface area contributed by atoms with Crippen molar-refractivity contribution in [3.63, 3.8) is 0 Å². The van der Waals surface area contributed by atoms with Crippen molar-refractivity contribution in [2.75, 3.05) is 28.4 Å². The molecule has 0 saturated carbocycles. The Morgan fingerprint density at radius 1 is 0.459 bits per heavy atom. The number of benzene rings is 2. The number of para-hydroxylation sites is 2. The van der Waals surface area contributed by atoms with E-state index in [1.165, 1.54) is 28.4 Å². The van der Waals surface area contributed by atoms with Crippen molar-refractivity contribution in [1.82, 2.24) is 59.4 Å². The van der Waals surface area contributed by atoms with Crippen LogP contribution in [-0.4, -0.2) is 115 Å². The van der Waals surface area contributed by atoms with Gasteiger partial charge in [-0.1, -0.05) is 38.1 Å². The van der Waals surface area contributed by atoms with E-state index >= 15 is 0 Å². The molecular weight excluding hydrogens is 985 g/mol. The molecule has 0 N–H and O–H groups in total. The molecule has 0 saturated heterocycles. The van der Waals surface area contributed by atoms with E-state index in [4.69, 9.17) is 18.9 Å². The van der Waals surface area contributed by atoms with Crippen LogP contribution < -0.4 is 18.9 Å². The lowest BCUT2D eigenvalue weighted by Crippen LogP contribution is -2.27. The average molecular weight is 1050 g/mol. The van der Waals surface area contributed by atoms with Crippen LogP contribution in [0.15, 0.2) is 97.6 Å². The van der Waals surface area contributed by atoms with Gasteiger partial charge >= 0.3 is 0 Å². The summed E-state index contributed by atoms with van der Waals surface area (Å²) in [6.45, 7) is 14.5. The highest BCUT2D eigenvalue weighted by Gasteiger charge is 2.35. The summed E-state index contributed by atoms with van der Waals surface area (Å²) < 4.78 is 80.4. The first-order valence-electron chi connectivity index (χ1n) is 23.5. The number of sulfone groups is 2. The first-order chi connectivity index (χ1) is 35.3. The van der Waals surface area contributed by atoms with Crippen molar-refractivity contribution >= 4 is 19.7 Å². The van der Waals surface area contributed by atoms with Gasteiger partial charge in [0.05, 0.1) is 38.9 Å². The molecule has 20 nitrogen and oxygen atoms in total. The number of nitrogens with zero attached hydrogens (tertiary/aromatic N) is 12. The molecule has 6 aromatic heterocycles. The molecule has 0 unspecified atom stereocenters. The number of aryl methyl sites for hydroxylation is 4. The summed E-state index contributed by atoms with van der Waals surface area (Å²) in [6, 6.07) is 21.7. The van der Waals surface area contributed by atoms with Crippen LogP contribution in [0.1, 0.15) is 85.3 Å².